The zero-order valence-electron chi connectivity index (χ0n) is 23.3. The first-order valence-electron chi connectivity index (χ1n) is 13.6. The Morgan fingerprint density at radius 2 is 1.93 bits per heavy atom. The zero-order chi connectivity index (χ0) is 29.5. The van der Waals surface area contributed by atoms with Crippen LogP contribution in [-0.2, 0) is 14.3 Å². The van der Waals surface area contributed by atoms with Gasteiger partial charge in [-0.1, -0.05) is 22.9 Å². The molecule has 1 aromatic carbocycles. The number of aliphatic hydroxyl groups is 1. The predicted octanol–water partition coefficient (Wildman–Crippen LogP) is 5.63. The topological polar surface area (TPSA) is 125 Å². The summed E-state index contributed by atoms with van der Waals surface area (Å²) in [5.41, 5.74) is -2.09. The standard InChI is InChI=1S/C31H32BrNO8/c1-5-30(3,37)20-13-22-27(40-28(35)18-8-10-21(32)11-9-18)26-24(41-31(22,4)25(14-20)38-17(2)34)15-23(39-29(26)36)19-7-6-12-33-16-19/h6-12,15-16,20,22,25,27,37H,5,13-14H2,1-4H3/t20-,22-,25-,27-,30?,31-/m1/s1. The monoisotopic (exact) mass is 625 g/mol. The first-order valence-corrected chi connectivity index (χ1v) is 14.4. The lowest BCUT2D eigenvalue weighted by molar-refractivity contribution is -0.204. The number of pyridine rings is 1. The van der Waals surface area contributed by atoms with Crippen LogP contribution in [0.3, 0.4) is 0 Å². The molecule has 0 radical (unpaired) electrons. The van der Waals surface area contributed by atoms with Crippen molar-refractivity contribution in [2.45, 2.75) is 70.4 Å². The summed E-state index contributed by atoms with van der Waals surface area (Å²) < 4.78 is 25.0. The Labute approximate surface area is 246 Å². The van der Waals surface area contributed by atoms with E-state index >= 15 is 0 Å². The summed E-state index contributed by atoms with van der Waals surface area (Å²) in [6, 6.07) is 11.7. The minimum absolute atomic E-state index is 0.0592. The highest BCUT2D eigenvalue weighted by Crippen LogP contribution is 2.55. The Kier molecular flexibility index (Phi) is 7.82. The van der Waals surface area contributed by atoms with Crippen molar-refractivity contribution >= 4 is 27.9 Å². The summed E-state index contributed by atoms with van der Waals surface area (Å²) in [4.78, 5) is 43.4. The van der Waals surface area contributed by atoms with Crippen LogP contribution in [-0.4, -0.2) is 39.3 Å². The number of rotatable bonds is 6. The highest BCUT2D eigenvalue weighted by molar-refractivity contribution is 9.10. The molecule has 3 heterocycles. The molecule has 0 bridgehead atoms. The second kappa shape index (κ2) is 11.1. The summed E-state index contributed by atoms with van der Waals surface area (Å²) >= 11 is 3.37. The van der Waals surface area contributed by atoms with E-state index in [0.29, 0.717) is 30.4 Å². The summed E-state index contributed by atoms with van der Waals surface area (Å²) in [5, 5.41) is 11.3. The van der Waals surface area contributed by atoms with Crippen LogP contribution in [0.4, 0.5) is 0 Å². The molecule has 216 valence electrons. The fraction of sp³-hybridized carbons (Fsp3) is 0.419. The number of nitrogens with zero attached hydrogens (tertiary/aromatic N) is 1. The van der Waals surface area contributed by atoms with E-state index in [9.17, 15) is 19.5 Å². The fourth-order valence-corrected chi connectivity index (χ4v) is 6.18. The van der Waals surface area contributed by atoms with E-state index in [1.807, 2.05) is 6.92 Å². The van der Waals surface area contributed by atoms with Crippen molar-refractivity contribution in [3.63, 3.8) is 0 Å². The molecule has 0 amide bonds. The molecular weight excluding hydrogens is 594 g/mol. The first kappa shape index (κ1) is 29.0. The molecule has 0 spiro atoms. The lowest BCUT2D eigenvalue weighted by Gasteiger charge is -2.54. The molecule has 0 saturated heterocycles. The van der Waals surface area contributed by atoms with Crippen molar-refractivity contribution in [3.8, 4) is 17.1 Å². The molecule has 2 aromatic heterocycles. The lowest BCUT2D eigenvalue weighted by atomic mass is 9.61. The second-order valence-electron chi connectivity index (χ2n) is 11.1. The van der Waals surface area contributed by atoms with Gasteiger partial charge in [-0.05, 0) is 75.4 Å². The average molecular weight is 626 g/mol. The van der Waals surface area contributed by atoms with Crippen LogP contribution in [0.15, 0.2) is 68.5 Å². The highest BCUT2D eigenvalue weighted by atomic mass is 79.9. The third-order valence-corrected chi connectivity index (χ3v) is 9.03. The average Bonchev–Trinajstić information content (AvgIpc) is 2.93. The lowest BCUT2D eigenvalue weighted by Crippen LogP contribution is -2.63. The van der Waals surface area contributed by atoms with Gasteiger partial charge >= 0.3 is 17.6 Å². The Bertz CT molecular complexity index is 1500. The van der Waals surface area contributed by atoms with Crippen LogP contribution in [0.5, 0.6) is 5.75 Å². The Hall–Kier alpha value is -3.50. The number of carbonyl (C=O) groups is 2. The fourth-order valence-electron chi connectivity index (χ4n) is 5.92. The van der Waals surface area contributed by atoms with E-state index in [-0.39, 0.29) is 23.0 Å². The maximum atomic E-state index is 13.6. The maximum absolute atomic E-state index is 13.6. The van der Waals surface area contributed by atoms with Crippen LogP contribution in [0, 0.1) is 11.8 Å². The quantitative estimate of drug-likeness (QED) is 0.347. The normalized spacial score (nSPS) is 26.5. The van der Waals surface area contributed by atoms with E-state index in [1.165, 1.54) is 6.92 Å². The third-order valence-electron chi connectivity index (χ3n) is 8.51. The SMILES string of the molecule is CCC(C)(O)[C@@H]1C[C@@H]2[C@@H](OC(=O)c3ccc(Br)cc3)c3c(cc(-c4cccnc4)oc3=O)O[C@@]2(C)[C@H](OC(C)=O)C1. The van der Waals surface area contributed by atoms with E-state index in [0.717, 1.165) is 4.47 Å². The number of fused-ring (bicyclic) bond motifs is 2. The number of esters is 2. The smallest absolute Gasteiger partial charge is 0.347 e. The molecule has 1 aliphatic heterocycles. The van der Waals surface area contributed by atoms with Crippen molar-refractivity contribution in [2.75, 3.05) is 0 Å². The van der Waals surface area contributed by atoms with Gasteiger partial charge in [-0.25, -0.2) is 9.59 Å². The van der Waals surface area contributed by atoms with E-state index < -0.39 is 46.9 Å². The molecule has 41 heavy (non-hydrogen) atoms. The van der Waals surface area contributed by atoms with Gasteiger partial charge in [0.05, 0.1) is 11.2 Å². The van der Waals surface area contributed by atoms with Crippen molar-refractivity contribution < 1.29 is 33.3 Å². The number of hydrogen-bond acceptors (Lipinski definition) is 9. The molecule has 10 heteroatoms. The van der Waals surface area contributed by atoms with Crippen molar-refractivity contribution in [2.24, 2.45) is 11.8 Å². The van der Waals surface area contributed by atoms with Gasteiger partial charge in [0, 0.05) is 41.3 Å². The van der Waals surface area contributed by atoms with Crippen LogP contribution in [0.2, 0.25) is 0 Å². The van der Waals surface area contributed by atoms with Gasteiger partial charge in [0.25, 0.3) is 0 Å². The predicted molar refractivity (Wildman–Crippen MR) is 152 cm³/mol. The first-order chi connectivity index (χ1) is 19.4. The number of halogens is 1. The van der Waals surface area contributed by atoms with E-state index in [2.05, 4.69) is 20.9 Å². The van der Waals surface area contributed by atoms with Crippen LogP contribution in [0.1, 0.15) is 69.0 Å². The Balaban J connectivity index is 1.66. The molecule has 3 aromatic rings. The van der Waals surface area contributed by atoms with Gasteiger partial charge in [-0.2, -0.15) is 0 Å². The number of aromatic nitrogens is 1. The van der Waals surface area contributed by atoms with Crippen molar-refractivity contribution in [1.82, 2.24) is 4.98 Å². The molecular formula is C31H32BrNO8. The second-order valence-corrected chi connectivity index (χ2v) is 12.0. The number of hydrogen-bond donors (Lipinski definition) is 1. The van der Waals surface area contributed by atoms with Crippen LogP contribution in [0.25, 0.3) is 11.3 Å². The summed E-state index contributed by atoms with van der Waals surface area (Å²) in [6.45, 7) is 6.72. The van der Waals surface area contributed by atoms with Gasteiger partial charge in [-0.15, -0.1) is 0 Å². The molecule has 1 fully saturated rings. The Morgan fingerprint density at radius 1 is 1.20 bits per heavy atom. The van der Waals surface area contributed by atoms with E-state index in [4.69, 9.17) is 18.6 Å². The molecule has 1 unspecified atom stereocenters. The number of ether oxygens (including phenoxy) is 3. The molecule has 1 aliphatic carbocycles. The summed E-state index contributed by atoms with van der Waals surface area (Å²) in [5.74, 6) is -1.73. The minimum Gasteiger partial charge on any atom is -0.482 e. The maximum Gasteiger partial charge on any atom is 0.347 e. The van der Waals surface area contributed by atoms with Gasteiger partial charge in [0.2, 0.25) is 0 Å². The van der Waals surface area contributed by atoms with Gasteiger partial charge < -0.3 is 23.7 Å². The molecule has 1 N–H and O–H groups in total. The highest BCUT2D eigenvalue weighted by Gasteiger charge is 2.60. The molecule has 5 rings (SSSR count). The summed E-state index contributed by atoms with van der Waals surface area (Å²) in [7, 11) is 0. The van der Waals surface area contributed by atoms with Crippen molar-refractivity contribution in [3.05, 3.63) is 80.9 Å². The summed E-state index contributed by atoms with van der Waals surface area (Å²) in [6.07, 6.45) is 2.38. The van der Waals surface area contributed by atoms with Crippen LogP contribution < -0.4 is 10.4 Å². The van der Waals surface area contributed by atoms with Gasteiger partial charge in [0.1, 0.15) is 34.9 Å². The zero-order valence-corrected chi connectivity index (χ0v) is 24.8. The Morgan fingerprint density at radius 3 is 2.56 bits per heavy atom. The van der Waals surface area contributed by atoms with Crippen LogP contribution >= 0.6 is 15.9 Å². The third kappa shape index (κ3) is 5.55. The molecule has 9 nitrogen and oxygen atoms in total. The van der Waals surface area contributed by atoms with Crippen molar-refractivity contribution in [1.29, 1.82) is 0 Å². The number of carbonyl (C=O) groups excluding carboxylic acids is 2. The molecule has 2 aliphatic rings. The van der Waals surface area contributed by atoms with Gasteiger partial charge in [-0.3, -0.25) is 9.78 Å². The largest absolute Gasteiger partial charge is 0.482 e. The molecule has 1 saturated carbocycles. The van der Waals surface area contributed by atoms with E-state index in [1.54, 1.807) is 68.7 Å². The minimum atomic E-state index is -1.19. The number of benzene rings is 1. The molecule has 6 atom stereocenters. The van der Waals surface area contributed by atoms with Gasteiger partial charge in [0.15, 0.2) is 0 Å².